The summed E-state index contributed by atoms with van der Waals surface area (Å²) in [4.78, 5) is 16.3. The normalized spacial score (nSPS) is 11.9. The molecule has 0 aromatic carbocycles. The molecular formula is CH5O3PSe2. The molecule has 0 rings (SSSR count). The summed E-state index contributed by atoms with van der Waals surface area (Å²) in [6.45, 7) is 0. The second kappa shape index (κ2) is 3.26. The molecule has 0 aromatic heterocycles. The third kappa shape index (κ3) is 7.19. The molecule has 0 fully saturated rings. The first-order valence-corrected chi connectivity index (χ1v) is 11.2. The minimum atomic E-state index is -3.58. The summed E-state index contributed by atoms with van der Waals surface area (Å²) in [6.07, 6.45) is -3.58. The average Bonchev–Trinajstić information content (AvgIpc) is 1.30. The second-order valence-corrected chi connectivity index (χ2v) is 15.0. The average molecular weight is 254 g/mol. The van der Waals surface area contributed by atoms with Gasteiger partial charge in [-0.2, -0.15) is 0 Å². The van der Waals surface area contributed by atoms with E-state index in [4.69, 9.17) is 9.79 Å². The van der Waals surface area contributed by atoms with Crippen LogP contribution < -0.4 is 0 Å². The molecule has 0 heterocycles. The molecule has 0 bridgehead atoms. The van der Waals surface area contributed by atoms with Crippen LogP contribution in [0.3, 0.4) is 0 Å². The van der Waals surface area contributed by atoms with E-state index in [1.165, 1.54) is 0 Å². The molecular weight excluding hydrogens is 249 g/mol. The van der Waals surface area contributed by atoms with Crippen molar-refractivity contribution in [3.63, 3.8) is 0 Å². The maximum atomic E-state index is 9.97. The van der Waals surface area contributed by atoms with E-state index in [1.54, 1.807) is 0 Å². The first-order chi connectivity index (χ1) is 3.06. The van der Waals surface area contributed by atoms with Crippen LogP contribution in [-0.4, -0.2) is 35.6 Å². The summed E-state index contributed by atoms with van der Waals surface area (Å²) in [5.41, 5.74) is 0. The van der Waals surface area contributed by atoms with Crippen molar-refractivity contribution in [2.24, 2.45) is 0 Å². The van der Waals surface area contributed by atoms with Gasteiger partial charge in [0, 0.05) is 0 Å². The maximum absolute atomic E-state index is 9.97. The monoisotopic (exact) mass is 256 g/mol. The Labute approximate surface area is 52.5 Å². The molecule has 3 nitrogen and oxygen atoms in total. The van der Waals surface area contributed by atoms with E-state index in [2.05, 4.69) is 0 Å². The molecule has 44 valence electrons. The van der Waals surface area contributed by atoms with Crippen molar-refractivity contribution in [1.82, 2.24) is 0 Å². The Hall–Kier alpha value is 1.19. The van der Waals surface area contributed by atoms with Gasteiger partial charge in [-0.1, -0.05) is 0 Å². The Morgan fingerprint density at radius 3 is 2.00 bits per heavy atom. The second-order valence-electron chi connectivity index (χ2n) is 0.732. The van der Waals surface area contributed by atoms with E-state index in [1.807, 2.05) is 5.82 Å². The Bertz CT molecular complexity index is 86.9. The fraction of sp³-hybridized carbons (Fsp3) is 1.00. The molecule has 0 unspecified atom stereocenters. The van der Waals surface area contributed by atoms with Crippen molar-refractivity contribution in [3.05, 3.63) is 0 Å². The van der Waals surface area contributed by atoms with Crippen LogP contribution in [-0.2, 0) is 4.57 Å². The van der Waals surface area contributed by atoms with Gasteiger partial charge in [-0.25, -0.2) is 0 Å². The molecule has 0 atom stereocenters. The van der Waals surface area contributed by atoms with Gasteiger partial charge < -0.3 is 0 Å². The van der Waals surface area contributed by atoms with Crippen molar-refractivity contribution < 1.29 is 14.4 Å². The van der Waals surface area contributed by atoms with E-state index in [9.17, 15) is 4.57 Å². The summed E-state index contributed by atoms with van der Waals surface area (Å²) in [7, 11) is 0. The van der Waals surface area contributed by atoms with Crippen LogP contribution in [0.5, 0.6) is 0 Å². The first-order valence-electron chi connectivity index (χ1n) is 1.34. The van der Waals surface area contributed by atoms with E-state index >= 15 is 0 Å². The van der Waals surface area contributed by atoms with Crippen LogP contribution in [0.25, 0.3) is 0 Å². The summed E-state index contributed by atoms with van der Waals surface area (Å²) in [6, 6.07) is 0. The molecule has 2 N–H and O–H groups in total. The van der Waals surface area contributed by atoms with Gasteiger partial charge in [-0.3, -0.25) is 0 Å². The summed E-state index contributed by atoms with van der Waals surface area (Å²) < 4.78 is 9.97. The van der Waals surface area contributed by atoms with Gasteiger partial charge in [0.25, 0.3) is 0 Å². The quantitative estimate of drug-likeness (QED) is 0.513. The van der Waals surface area contributed by atoms with Crippen LogP contribution in [0.1, 0.15) is 0 Å². The number of hydrogen-bond acceptors (Lipinski definition) is 1. The summed E-state index contributed by atoms with van der Waals surface area (Å²) in [5, 5.41) is 0. The Morgan fingerprint density at radius 2 is 2.00 bits per heavy atom. The van der Waals surface area contributed by atoms with E-state index in [0.717, 1.165) is 0 Å². The molecule has 0 aliphatic carbocycles. The standard InChI is InChI=1S/CH5O3PSe2/c1-6-7-5(2,3)4/h1H3,(H2,2,3,4). The van der Waals surface area contributed by atoms with Crippen molar-refractivity contribution in [3.8, 4) is 0 Å². The van der Waals surface area contributed by atoms with Crippen molar-refractivity contribution in [1.29, 1.82) is 0 Å². The molecule has 0 saturated carbocycles. The topological polar surface area (TPSA) is 57.5 Å². The summed E-state index contributed by atoms with van der Waals surface area (Å²) >= 11 is -0.258. The number of rotatable bonds is 2. The third-order valence-corrected chi connectivity index (χ3v) is 13.9. The van der Waals surface area contributed by atoms with E-state index < -0.39 is 19.0 Å². The molecule has 0 amide bonds. The summed E-state index contributed by atoms with van der Waals surface area (Å²) in [5.74, 6) is 1.83. The van der Waals surface area contributed by atoms with E-state index in [-0.39, 0.29) is 13.1 Å². The van der Waals surface area contributed by atoms with E-state index in [0.29, 0.717) is 0 Å². The molecule has 6 heteroatoms. The molecule has 0 aliphatic heterocycles. The van der Waals surface area contributed by atoms with Gasteiger partial charge in [-0.15, -0.1) is 0 Å². The van der Waals surface area contributed by atoms with Crippen LogP contribution in [0.4, 0.5) is 0 Å². The zero-order chi connectivity index (χ0) is 5.91. The van der Waals surface area contributed by atoms with Crippen molar-refractivity contribution in [2.75, 3.05) is 0 Å². The fourth-order valence-electron chi connectivity index (χ4n) is 0.0971. The van der Waals surface area contributed by atoms with Crippen LogP contribution >= 0.6 is 6.29 Å². The Morgan fingerprint density at radius 1 is 1.57 bits per heavy atom. The molecule has 0 aromatic rings. The first kappa shape index (κ1) is 8.19. The van der Waals surface area contributed by atoms with Gasteiger partial charge in [-0.05, 0) is 0 Å². The van der Waals surface area contributed by atoms with Gasteiger partial charge in [0.05, 0.1) is 0 Å². The Kier molecular flexibility index (Phi) is 3.82. The predicted molar refractivity (Wildman–Crippen MR) is 29.4 cm³/mol. The molecule has 7 heavy (non-hydrogen) atoms. The zero-order valence-electron chi connectivity index (χ0n) is 3.57. The van der Waals surface area contributed by atoms with Crippen molar-refractivity contribution in [2.45, 2.75) is 5.82 Å². The number of hydrogen-bond donors (Lipinski definition) is 2. The van der Waals surface area contributed by atoms with Gasteiger partial charge in [0.15, 0.2) is 0 Å². The van der Waals surface area contributed by atoms with Crippen molar-refractivity contribution >= 4 is 32.1 Å². The zero-order valence-corrected chi connectivity index (χ0v) is 7.89. The SMILES string of the molecule is C[Se][Se]P(=O)(O)O. The van der Waals surface area contributed by atoms with Gasteiger partial charge in [0.1, 0.15) is 0 Å². The van der Waals surface area contributed by atoms with Gasteiger partial charge >= 0.3 is 52.3 Å². The molecule has 0 spiro atoms. The third-order valence-electron chi connectivity index (χ3n) is 0.172. The molecule has 0 saturated heterocycles. The Balaban J connectivity index is 3.36. The van der Waals surface area contributed by atoms with Crippen LogP contribution in [0.15, 0.2) is 0 Å². The molecule has 0 aliphatic rings. The van der Waals surface area contributed by atoms with Gasteiger partial charge in [0.2, 0.25) is 0 Å². The van der Waals surface area contributed by atoms with Crippen LogP contribution in [0.2, 0.25) is 5.82 Å². The predicted octanol–water partition coefficient (Wildman–Crippen LogP) is -0.549. The minimum absolute atomic E-state index is 0.159. The fourth-order valence-corrected chi connectivity index (χ4v) is 7.86. The van der Waals surface area contributed by atoms with Crippen LogP contribution in [0, 0.1) is 0 Å². The molecule has 0 radical (unpaired) electrons.